The number of para-hydroxylation sites is 1. The van der Waals surface area contributed by atoms with Gasteiger partial charge in [-0.2, -0.15) is 0 Å². The Morgan fingerprint density at radius 1 is 1.07 bits per heavy atom. The Labute approximate surface area is 166 Å². The molecule has 3 rings (SSSR count). The van der Waals surface area contributed by atoms with Crippen molar-refractivity contribution in [3.8, 4) is 0 Å². The average Bonchev–Trinajstić information content (AvgIpc) is 3.22. The van der Waals surface area contributed by atoms with E-state index in [-0.39, 0.29) is 17.3 Å². The summed E-state index contributed by atoms with van der Waals surface area (Å²) in [6.45, 7) is 1.92. The number of thiophene rings is 1. The van der Waals surface area contributed by atoms with E-state index in [0.29, 0.717) is 17.9 Å². The van der Waals surface area contributed by atoms with Gasteiger partial charge in [0, 0.05) is 10.6 Å². The van der Waals surface area contributed by atoms with Crippen LogP contribution in [0, 0.1) is 5.82 Å². The molecule has 1 aromatic heterocycles. The molecule has 1 atom stereocenters. The van der Waals surface area contributed by atoms with E-state index in [4.69, 9.17) is 4.74 Å². The van der Waals surface area contributed by atoms with Gasteiger partial charge in [-0.05, 0) is 54.8 Å². The maximum absolute atomic E-state index is 13.1. The molecule has 144 valence electrons. The summed E-state index contributed by atoms with van der Waals surface area (Å²) < 4.78 is 18.4. The second kappa shape index (κ2) is 9.14. The Morgan fingerprint density at radius 2 is 1.82 bits per heavy atom. The average molecular weight is 398 g/mol. The first kappa shape index (κ1) is 19.6. The zero-order valence-electron chi connectivity index (χ0n) is 15.1. The highest BCUT2D eigenvalue weighted by atomic mass is 32.1. The van der Waals surface area contributed by atoms with Gasteiger partial charge in [-0.15, -0.1) is 11.3 Å². The van der Waals surface area contributed by atoms with Gasteiger partial charge in [-0.3, -0.25) is 4.79 Å². The molecule has 28 heavy (non-hydrogen) atoms. The molecule has 1 heterocycles. The van der Waals surface area contributed by atoms with Gasteiger partial charge in [0.05, 0.1) is 17.8 Å². The van der Waals surface area contributed by atoms with Crippen LogP contribution in [0.1, 0.15) is 22.2 Å². The normalized spacial score (nSPS) is 11.5. The molecule has 0 saturated heterocycles. The number of ether oxygens (including phenoxy) is 1. The van der Waals surface area contributed by atoms with Gasteiger partial charge >= 0.3 is 5.97 Å². The molecular formula is C21H19FN2O3S. The first-order valence-corrected chi connectivity index (χ1v) is 9.53. The monoisotopic (exact) mass is 398 g/mol. The number of hydrogen-bond acceptors (Lipinski definition) is 5. The summed E-state index contributed by atoms with van der Waals surface area (Å²) in [5.41, 5.74) is 1.42. The summed E-state index contributed by atoms with van der Waals surface area (Å²) in [4.78, 5) is 25.8. The number of rotatable bonds is 7. The van der Waals surface area contributed by atoms with Crippen molar-refractivity contribution < 1.29 is 18.7 Å². The number of carbonyl (C=O) groups excluding carboxylic acids is 2. The van der Waals surface area contributed by atoms with E-state index in [1.165, 1.54) is 30.4 Å². The second-order valence-corrected chi connectivity index (χ2v) is 7.05. The fourth-order valence-corrected chi connectivity index (χ4v) is 3.11. The third-order valence-corrected chi connectivity index (χ3v) is 4.82. The number of halogens is 1. The van der Waals surface area contributed by atoms with Gasteiger partial charge in [0.2, 0.25) is 0 Å². The van der Waals surface area contributed by atoms with Crippen molar-refractivity contribution in [1.29, 1.82) is 0 Å². The largest absolute Gasteiger partial charge is 0.449 e. The van der Waals surface area contributed by atoms with Crippen molar-refractivity contribution in [2.75, 3.05) is 5.32 Å². The smallest absolute Gasteiger partial charge is 0.341 e. The van der Waals surface area contributed by atoms with E-state index < -0.39 is 12.1 Å². The molecule has 0 spiro atoms. The highest BCUT2D eigenvalue weighted by Gasteiger charge is 2.20. The molecule has 2 N–H and O–H groups in total. The fourth-order valence-electron chi connectivity index (χ4n) is 2.47. The Hall–Kier alpha value is -3.19. The van der Waals surface area contributed by atoms with Crippen LogP contribution in [0.2, 0.25) is 0 Å². The lowest BCUT2D eigenvalue weighted by molar-refractivity contribution is -0.129. The zero-order chi connectivity index (χ0) is 19.9. The van der Waals surface area contributed by atoms with Gasteiger partial charge < -0.3 is 15.4 Å². The van der Waals surface area contributed by atoms with Crippen molar-refractivity contribution in [2.24, 2.45) is 0 Å². The van der Waals surface area contributed by atoms with Crippen molar-refractivity contribution in [3.63, 3.8) is 0 Å². The Balaban J connectivity index is 1.63. The Bertz CT molecular complexity index is 943. The van der Waals surface area contributed by atoms with Gasteiger partial charge in [-0.1, -0.05) is 18.2 Å². The molecule has 0 radical (unpaired) electrons. The Morgan fingerprint density at radius 3 is 2.54 bits per heavy atom. The van der Waals surface area contributed by atoms with Crippen LogP contribution in [0.4, 0.5) is 15.8 Å². The molecule has 0 saturated carbocycles. The number of benzene rings is 2. The summed E-state index contributed by atoms with van der Waals surface area (Å²) in [5.74, 6) is -1.34. The van der Waals surface area contributed by atoms with E-state index in [0.717, 1.165) is 4.88 Å². The van der Waals surface area contributed by atoms with Crippen LogP contribution in [0.5, 0.6) is 0 Å². The fraction of sp³-hybridized carbons (Fsp3) is 0.143. The van der Waals surface area contributed by atoms with E-state index in [9.17, 15) is 14.0 Å². The standard InChI is InChI=1S/C21H19FN2O3S/c1-14(20(25)23-13-17-5-4-12-28-17)27-21(26)18-6-2-3-7-19(18)24-16-10-8-15(22)9-11-16/h2-12,14,24H,13H2,1H3,(H,23,25). The Kier molecular flexibility index (Phi) is 6.39. The summed E-state index contributed by atoms with van der Waals surface area (Å²) in [6.07, 6.45) is -0.939. The molecule has 0 aliphatic carbocycles. The highest BCUT2D eigenvalue weighted by molar-refractivity contribution is 7.09. The van der Waals surface area contributed by atoms with Crippen LogP contribution in [-0.2, 0) is 16.1 Å². The molecule has 5 nitrogen and oxygen atoms in total. The van der Waals surface area contributed by atoms with Gasteiger partial charge in [0.15, 0.2) is 6.10 Å². The number of nitrogens with one attached hydrogen (secondary N) is 2. The minimum absolute atomic E-state index is 0.282. The van der Waals surface area contributed by atoms with Crippen LogP contribution >= 0.6 is 11.3 Å². The van der Waals surface area contributed by atoms with E-state index in [2.05, 4.69) is 10.6 Å². The van der Waals surface area contributed by atoms with Crippen LogP contribution in [0.25, 0.3) is 0 Å². The molecule has 0 aliphatic heterocycles. The van der Waals surface area contributed by atoms with Crippen molar-refractivity contribution in [1.82, 2.24) is 5.32 Å². The van der Waals surface area contributed by atoms with E-state index in [1.54, 1.807) is 36.4 Å². The summed E-state index contributed by atoms with van der Waals surface area (Å²) in [5, 5.41) is 7.73. The maximum Gasteiger partial charge on any atom is 0.341 e. The minimum Gasteiger partial charge on any atom is -0.449 e. The van der Waals surface area contributed by atoms with Crippen LogP contribution < -0.4 is 10.6 Å². The molecular weight excluding hydrogens is 379 g/mol. The summed E-state index contributed by atoms with van der Waals surface area (Å²) in [6, 6.07) is 16.4. The SMILES string of the molecule is CC(OC(=O)c1ccccc1Nc1ccc(F)cc1)C(=O)NCc1cccs1. The number of hydrogen-bond donors (Lipinski definition) is 2. The zero-order valence-corrected chi connectivity index (χ0v) is 16.0. The predicted octanol–water partition coefficient (Wildman–Crippen LogP) is 4.49. The number of anilines is 2. The quantitative estimate of drug-likeness (QED) is 0.576. The van der Waals surface area contributed by atoms with Crippen molar-refractivity contribution >= 4 is 34.6 Å². The number of carbonyl (C=O) groups is 2. The molecule has 0 fully saturated rings. The van der Waals surface area contributed by atoms with Gasteiger partial charge in [0.1, 0.15) is 5.82 Å². The van der Waals surface area contributed by atoms with Crippen LogP contribution in [-0.4, -0.2) is 18.0 Å². The molecule has 1 amide bonds. The van der Waals surface area contributed by atoms with Crippen molar-refractivity contribution in [2.45, 2.75) is 19.6 Å². The topological polar surface area (TPSA) is 67.4 Å². The van der Waals surface area contributed by atoms with Gasteiger partial charge in [0.25, 0.3) is 5.91 Å². The summed E-state index contributed by atoms with van der Waals surface area (Å²) in [7, 11) is 0. The van der Waals surface area contributed by atoms with E-state index >= 15 is 0 Å². The highest BCUT2D eigenvalue weighted by Crippen LogP contribution is 2.22. The lowest BCUT2D eigenvalue weighted by Gasteiger charge is -2.15. The summed E-state index contributed by atoms with van der Waals surface area (Å²) >= 11 is 1.54. The lowest BCUT2D eigenvalue weighted by Crippen LogP contribution is -2.35. The third-order valence-electron chi connectivity index (χ3n) is 3.94. The molecule has 0 bridgehead atoms. The molecule has 3 aromatic rings. The molecule has 2 aromatic carbocycles. The van der Waals surface area contributed by atoms with Crippen molar-refractivity contribution in [3.05, 3.63) is 82.3 Å². The molecule has 7 heteroatoms. The third kappa shape index (κ3) is 5.17. The van der Waals surface area contributed by atoms with Crippen LogP contribution in [0.15, 0.2) is 66.0 Å². The predicted molar refractivity (Wildman–Crippen MR) is 107 cm³/mol. The first-order valence-electron chi connectivity index (χ1n) is 8.65. The maximum atomic E-state index is 13.1. The van der Waals surface area contributed by atoms with Crippen LogP contribution in [0.3, 0.4) is 0 Å². The molecule has 1 unspecified atom stereocenters. The molecule has 0 aliphatic rings. The minimum atomic E-state index is -0.939. The second-order valence-electron chi connectivity index (χ2n) is 6.02. The van der Waals surface area contributed by atoms with E-state index in [1.807, 2.05) is 17.5 Å². The first-order chi connectivity index (χ1) is 13.5. The lowest BCUT2D eigenvalue weighted by atomic mass is 10.1. The number of esters is 1. The van der Waals surface area contributed by atoms with Gasteiger partial charge in [-0.25, -0.2) is 9.18 Å². The number of amides is 1.